The smallest absolute Gasteiger partial charge is 0.324 e. The molecule has 46 heavy (non-hydrogen) atoms. The summed E-state index contributed by atoms with van der Waals surface area (Å²) < 4.78 is 7.00. The van der Waals surface area contributed by atoms with Crippen LogP contribution in [0.3, 0.4) is 0 Å². The molecule has 5 rings (SSSR count). The van der Waals surface area contributed by atoms with Gasteiger partial charge in [-0.1, -0.05) is 62.7 Å². The molecule has 1 fully saturated rings. The van der Waals surface area contributed by atoms with Crippen LogP contribution in [-0.4, -0.2) is 46.8 Å². The minimum absolute atomic E-state index is 0.164. The number of rotatable bonds is 10. The van der Waals surface area contributed by atoms with Crippen LogP contribution in [0.2, 0.25) is 0 Å². The van der Waals surface area contributed by atoms with Gasteiger partial charge in [0.15, 0.2) is 0 Å². The van der Waals surface area contributed by atoms with Gasteiger partial charge in [0, 0.05) is 36.7 Å². The Kier molecular flexibility index (Phi) is 10.5. The molecule has 1 saturated heterocycles. The lowest BCUT2D eigenvalue weighted by Crippen LogP contribution is -2.38. The Bertz CT molecular complexity index is 1590. The highest BCUT2D eigenvalue weighted by atomic mass is 16.5. The van der Waals surface area contributed by atoms with Crippen molar-refractivity contribution in [3.63, 3.8) is 0 Å². The highest BCUT2D eigenvalue weighted by Gasteiger charge is 2.23. The lowest BCUT2D eigenvalue weighted by molar-refractivity contribution is -0.132. The predicted octanol–water partition coefficient (Wildman–Crippen LogP) is 7.93. The van der Waals surface area contributed by atoms with Gasteiger partial charge in [0.05, 0.1) is 18.5 Å². The van der Waals surface area contributed by atoms with Gasteiger partial charge in [-0.2, -0.15) is 5.10 Å². The van der Waals surface area contributed by atoms with Crippen molar-refractivity contribution >= 4 is 23.4 Å². The molecule has 3 amide bonds. The molecule has 0 radical (unpaired) electrons. The number of urea groups is 1. The largest absolute Gasteiger partial charge is 0.497 e. The van der Waals surface area contributed by atoms with E-state index < -0.39 is 0 Å². The second kappa shape index (κ2) is 14.7. The van der Waals surface area contributed by atoms with Gasteiger partial charge >= 0.3 is 6.03 Å². The Balaban J connectivity index is 1.08. The molecule has 0 aliphatic carbocycles. The predicted molar refractivity (Wildman–Crippen MR) is 185 cm³/mol. The number of aryl methyl sites for hydroxylation is 2. The van der Waals surface area contributed by atoms with Crippen molar-refractivity contribution in [1.29, 1.82) is 0 Å². The number of benzene rings is 3. The van der Waals surface area contributed by atoms with Gasteiger partial charge in [-0.15, -0.1) is 0 Å². The van der Waals surface area contributed by atoms with Crippen LogP contribution < -0.4 is 15.4 Å². The fourth-order valence-corrected chi connectivity index (χ4v) is 5.84. The molecule has 1 aromatic heterocycles. The Labute approximate surface area is 273 Å². The Hall–Kier alpha value is -4.59. The third kappa shape index (κ3) is 8.77. The standard InChI is InChI=1S/C38H47N5O3/c1-27-9-17-32(18-10-27)43-35(26-34(41-43)38(2,3)4)40-37(45)39-31-15-11-29(12-16-31)25-30-21-23-42(24-22-30)36(44)8-6-7-28-13-19-33(46-5)20-14-28/h9-20,26,30H,6-8,21-25H2,1-5H3,(H2,39,40,45). The van der Waals surface area contributed by atoms with E-state index in [1.54, 1.807) is 11.8 Å². The monoisotopic (exact) mass is 621 g/mol. The van der Waals surface area contributed by atoms with Gasteiger partial charge in [0.1, 0.15) is 11.6 Å². The van der Waals surface area contributed by atoms with Gasteiger partial charge in [-0.3, -0.25) is 10.1 Å². The quantitative estimate of drug-likeness (QED) is 0.188. The number of hydrogen-bond acceptors (Lipinski definition) is 4. The van der Waals surface area contributed by atoms with E-state index in [4.69, 9.17) is 9.84 Å². The summed E-state index contributed by atoms with van der Waals surface area (Å²) in [6.45, 7) is 10.0. The molecule has 0 spiro atoms. The molecule has 0 atom stereocenters. The first-order valence-corrected chi connectivity index (χ1v) is 16.3. The molecule has 242 valence electrons. The van der Waals surface area contributed by atoms with E-state index in [1.807, 2.05) is 66.4 Å². The summed E-state index contributed by atoms with van der Waals surface area (Å²) in [6.07, 6.45) is 5.34. The van der Waals surface area contributed by atoms with E-state index in [9.17, 15) is 9.59 Å². The molecule has 4 aromatic rings. The normalized spacial score (nSPS) is 13.8. The number of likely N-dealkylation sites (tertiary alicyclic amines) is 1. The van der Waals surface area contributed by atoms with Gasteiger partial charge in [0.2, 0.25) is 5.91 Å². The Morgan fingerprint density at radius 2 is 1.54 bits per heavy atom. The lowest BCUT2D eigenvalue weighted by atomic mass is 9.90. The van der Waals surface area contributed by atoms with Crippen molar-refractivity contribution in [3.05, 3.63) is 101 Å². The van der Waals surface area contributed by atoms with Crippen molar-refractivity contribution in [2.24, 2.45) is 5.92 Å². The van der Waals surface area contributed by atoms with Crippen LogP contribution in [0.25, 0.3) is 5.69 Å². The average molecular weight is 622 g/mol. The number of piperidine rings is 1. The van der Waals surface area contributed by atoms with Crippen LogP contribution in [0.1, 0.15) is 68.8 Å². The van der Waals surface area contributed by atoms with Crippen LogP contribution in [-0.2, 0) is 23.1 Å². The first kappa shape index (κ1) is 32.8. The maximum atomic E-state index is 13.0. The molecule has 8 nitrogen and oxygen atoms in total. The fourth-order valence-electron chi connectivity index (χ4n) is 5.84. The minimum atomic E-state index is -0.317. The van der Waals surface area contributed by atoms with E-state index in [1.165, 1.54) is 11.1 Å². The van der Waals surface area contributed by atoms with E-state index in [0.717, 1.165) is 73.6 Å². The Morgan fingerprint density at radius 1 is 0.891 bits per heavy atom. The van der Waals surface area contributed by atoms with Gasteiger partial charge in [0.25, 0.3) is 0 Å². The third-order valence-electron chi connectivity index (χ3n) is 8.72. The summed E-state index contributed by atoms with van der Waals surface area (Å²) in [5.74, 6) is 2.28. The number of carbonyl (C=O) groups excluding carboxylic acids is 2. The summed E-state index contributed by atoms with van der Waals surface area (Å²) in [5, 5.41) is 10.8. The highest BCUT2D eigenvalue weighted by Crippen LogP contribution is 2.27. The maximum absolute atomic E-state index is 13.0. The van der Waals surface area contributed by atoms with Crippen molar-refractivity contribution < 1.29 is 14.3 Å². The van der Waals surface area contributed by atoms with E-state index >= 15 is 0 Å². The van der Waals surface area contributed by atoms with Gasteiger partial charge < -0.3 is 15.0 Å². The third-order valence-corrected chi connectivity index (χ3v) is 8.72. The van der Waals surface area contributed by atoms with Crippen molar-refractivity contribution in [1.82, 2.24) is 14.7 Å². The first-order chi connectivity index (χ1) is 22.1. The number of nitrogens with one attached hydrogen (secondary N) is 2. The molecule has 3 aromatic carbocycles. The fraction of sp³-hybridized carbons (Fsp3) is 0.395. The zero-order valence-electron chi connectivity index (χ0n) is 27.8. The summed E-state index contributed by atoms with van der Waals surface area (Å²) in [6, 6.07) is 25.8. The molecule has 2 heterocycles. The molecule has 1 aliphatic rings. The molecule has 0 saturated carbocycles. The van der Waals surface area contributed by atoms with Gasteiger partial charge in [-0.05, 0) is 92.5 Å². The Morgan fingerprint density at radius 3 is 2.17 bits per heavy atom. The van der Waals surface area contributed by atoms with E-state index in [2.05, 4.69) is 55.7 Å². The number of ether oxygens (including phenoxy) is 1. The second-order valence-electron chi connectivity index (χ2n) is 13.4. The number of hydrogen-bond donors (Lipinski definition) is 2. The van der Waals surface area contributed by atoms with Gasteiger partial charge in [-0.25, -0.2) is 9.48 Å². The van der Waals surface area contributed by atoms with E-state index in [-0.39, 0.29) is 17.4 Å². The summed E-state index contributed by atoms with van der Waals surface area (Å²) >= 11 is 0. The number of anilines is 2. The van der Waals surface area contributed by atoms with Crippen LogP contribution in [0, 0.1) is 12.8 Å². The highest BCUT2D eigenvalue weighted by molar-refractivity contribution is 5.99. The number of methoxy groups -OCH3 is 1. The molecular weight excluding hydrogens is 574 g/mol. The second-order valence-corrected chi connectivity index (χ2v) is 13.4. The van der Waals surface area contributed by atoms with Crippen molar-refractivity contribution in [2.45, 2.75) is 71.6 Å². The van der Waals surface area contributed by atoms with Crippen LogP contribution in [0.4, 0.5) is 16.3 Å². The number of aromatic nitrogens is 2. The molecule has 2 N–H and O–H groups in total. The maximum Gasteiger partial charge on any atom is 0.324 e. The number of carbonyl (C=O) groups is 2. The molecule has 0 unspecified atom stereocenters. The minimum Gasteiger partial charge on any atom is -0.497 e. The molecule has 0 bridgehead atoms. The topological polar surface area (TPSA) is 88.5 Å². The molecular formula is C38H47N5O3. The van der Waals surface area contributed by atoms with Crippen molar-refractivity contribution in [3.8, 4) is 11.4 Å². The number of nitrogens with zero attached hydrogens (tertiary/aromatic N) is 3. The van der Waals surface area contributed by atoms with Crippen LogP contribution in [0.15, 0.2) is 78.9 Å². The zero-order chi connectivity index (χ0) is 32.7. The zero-order valence-corrected chi connectivity index (χ0v) is 27.8. The average Bonchev–Trinajstić information content (AvgIpc) is 3.47. The molecule has 8 heteroatoms. The summed E-state index contributed by atoms with van der Waals surface area (Å²) in [5.41, 5.74) is 5.98. The number of amides is 3. The summed E-state index contributed by atoms with van der Waals surface area (Å²) in [4.78, 5) is 27.9. The lowest BCUT2D eigenvalue weighted by Gasteiger charge is -2.32. The van der Waals surface area contributed by atoms with E-state index in [0.29, 0.717) is 18.2 Å². The molecule has 1 aliphatic heterocycles. The summed E-state index contributed by atoms with van der Waals surface area (Å²) in [7, 11) is 1.67. The van der Waals surface area contributed by atoms with Crippen molar-refractivity contribution in [2.75, 3.05) is 30.8 Å². The van der Waals surface area contributed by atoms with Crippen LogP contribution >= 0.6 is 0 Å². The first-order valence-electron chi connectivity index (χ1n) is 16.3. The SMILES string of the molecule is COc1ccc(CCCC(=O)N2CCC(Cc3ccc(NC(=O)Nc4cc(C(C)(C)C)nn4-c4ccc(C)cc4)cc3)CC2)cc1. The van der Waals surface area contributed by atoms with Crippen LogP contribution in [0.5, 0.6) is 5.75 Å².